The van der Waals surface area contributed by atoms with E-state index in [0.717, 1.165) is 25.7 Å². The Morgan fingerprint density at radius 2 is 1.78 bits per heavy atom. The second kappa shape index (κ2) is 8.00. The molecule has 2 aliphatic rings. The van der Waals surface area contributed by atoms with Gasteiger partial charge in [0.05, 0.1) is 5.92 Å². The lowest BCUT2D eigenvalue weighted by atomic mass is 9.94. The Labute approximate surface area is 137 Å². The van der Waals surface area contributed by atoms with Gasteiger partial charge in [0.2, 0.25) is 0 Å². The van der Waals surface area contributed by atoms with Gasteiger partial charge in [0.1, 0.15) is 11.6 Å². The molecule has 1 aliphatic carbocycles. The van der Waals surface area contributed by atoms with Crippen molar-refractivity contribution >= 4 is 11.9 Å². The lowest BCUT2D eigenvalue weighted by molar-refractivity contribution is -0.143. The molecule has 0 aromatic carbocycles. The molecule has 6 nitrogen and oxygen atoms in total. The molecule has 1 N–H and O–H groups in total. The van der Waals surface area contributed by atoms with Gasteiger partial charge < -0.3 is 14.9 Å². The van der Waals surface area contributed by atoms with Crippen LogP contribution in [0.3, 0.4) is 0 Å². The molecule has 1 saturated heterocycles. The molecule has 2 rings (SSSR count). The highest BCUT2D eigenvalue weighted by Gasteiger charge is 2.27. The molecule has 0 atom stereocenters. The summed E-state index contributed by atoms with van der Waals surface area (Å²) in [7, 11) is 1.78. The molecule has 0 bridgehead atoms. The van der Waals surface area contributed by atoms with Crippen molar-refractivity contribution in [1.29, 1.82) is 5.26 Å². The highest BCUT2D eigenvalue weighted by molar-refractivity contribution is 5.97. The average Bonchev–Trinajstić information content (AvgIpc) is 2.59. The van der Waals surface area contributed by atoms with Crippen molar-refractivity contribution in [2.24, 2.45) is 5.92 Å². The fourth-order valence-electron chi connectivity index (χ4n) is 3.41. The van der Waals surface area contributed by atoms with E-state index < -0.39 is 5.97 Å². The molecule has 2 fully saturated rings. The van der Waals surface area contributed by atoms with Gasteiger partial charge in [0, 0.05) is 32.4 Å². The van der Waals surface area contributed by atoms with Crippen LogP contribution in [0.15, 0.2) is 11.8 Å². The number of hydrogen-bond acceptors (Lipinski definition) is 4. The lowest BCUT2D eigenvalue weighted by Crippen LogP contribution is -2.40. The summed E-state index contributed by atoms with van der Waals surface area (Å²) >= 11 is 0. The van der Waals surface area contributed by atoms with Gasteiger partial charge in [-0.15, -0.1) is 0 Å². The van der Waals surface area contributed by atoms with Crippen LogP contribution in [0, 0.1) is 17.2 Å². The van der Waals surface area contributed by atoms with Crippen molar-refractivity contribution < 1.29 is 14.7 Å². The van der Waals surface area contributed by atoms with Crippen molar-refractivity contribution in [3.8, 4) is 6.07 Å². The topological polar surface area (TPSA) is 84.6 Å². The Kier molecular flexibility index (Phi) is 6.03. The van der Waals surface area contributed by atoms with Crippen molar-refractivity contribution in [2.45, 2.75) is 51.0 Å². The van der Waals surface area contributed by atoms with Crippen LogP contribution in [0.5, 0.6) is 0 Å². The first-order chi connectivity index (χ1) is 11.0. The van der Waals surface area contributed by atoms with E-state index in [1.165, 1.54) is 6.42 Å². The molecule has 1 amide bonds. The fourth-order valence-corrected chi connectivity index (χ4v) is 3.41. The van der Waals surface area contributed by atoms with Gasteiger partial charge in [-0.2, -0.15) is 5.26 Å². The van der Waals surface area contributed by atoms with E-state index in [1.54, 1.807) is 18.1 Å². The number of carbonyl (C=O) groups excluding carboxylic acids is 1. The number of likely N-dealkylation sites (tertiary alicyclic amines) is 1. The number of carboxylic acid groups (broad SMARTS) is 1. The summed E-state index contributed by atoms with van der Waals surface area (Å²) in [6, 6.07) is 2.24. The number of carboxylic acids is 1. The molecule has 1 aliphatic heterocycles. The number of nitrogens with zero attached hydrogens (tertiary/aromatic N) is 3. The quantitative estimate of drug-likeness (QED) is 0.632. The maximum atomic E-state index is 12.5. The van der Waals surface area contributed by atoms with Gasteiger partial charge in [-0.05, 0) is 25.7 Å². The Morgan fingerprint density at radius 3 is 2.30 bits per heavy atom. The molecular weight excluding hydrogens is 294 g/mol. The summed E-state index contributed by atoms with van der Waals surface area (Å²) in [5.74, 6) is -1.30. The zero-order valence-corrected chi connectivity index (χ0v) is 13.7. The highest BCUT2D eigenvalue weighted by Crippen LogP contribution is 2.23. The van der Waals surface area contributed by atoms with Crippen molar-refractivity contribution in [3.05, 3.63) is 11.8 Å². The molecule has 0 aromatic heterocycles. The first-order valence-corrected chi connectivity index (χ1v) is 8.39. The number of rotatable bonds is 4. The maximum Gasteiger partial charge on any atom is 0.306 e. The van der Waals surface area contributed by atoms with E-state index in [-0.39, 0.29) is 23.4 Å². The van der Waals surface area contributed by atoms with E-state index in [1.807, 2.05) is 11.0 Å². The van der Waals surface area contributed by atoms with Gasteiger partial charge >= 0.3 is 5.97 Å². The molecule has 6 heteroatoms. The minimum absolute atomic E-state index is 0.145. The highest BCUT2D eigenvalue weighted by atomic mass is 16.4. The van der Waals surface area contributed by atoms with Crippen molar-refractivity contribution in [3.63, 3.8) is 0 Å². The standard InChI is InChI=1S/C17H25N3O3/c1-19(15-5-3-2-4-6-15)16(21)14(11-18)12-20-9-7-13(8-10-20)17(22)23/h12-13,15H,2-10H2,1H3,(H,22,23)/b14-12-. The third-order valence-corrected chi connectivity index (χ3v) is 4.98. The Hall–Kier alpha value is -2.03. The van der Waals surface area contributed by atoms with E-state index in [4.69, 9.17) is 5.11 Å². The number of piperidine rings is 1. The van der Waals surface area contributed by atoms with Crippen LogP contribution >= 0.6 is 0 Å². The third kappa shape index (κ3) is 4.47. The summed E-state index contributed by atoms with van der Waals surface area (Å²) in [6.45, 7) is 1.14. The largest absolute Gasteiger partial charge is 0.481 e. The minimum atomic E-state index is -0.762. The fraction of sp³-hybridized carbons (Fsp3) is 0.706. The predicted octanol–water partition coefficient (Wildman–Crippen LogP) is 1.98. The minimum Gasteiger partial charge on any atom is -0.481 e. The average molecular weight is 319 g/mol. The van der Waals surface area contributed by atoms with Crippen LogP contribution in [0.2, 0.25) is 0 Å². The number of amides is 1. The molecular formula is C17H25N3O3. The van der Waals surface area contributed by atoms with Crippen LogP contribution in [-0.2, 0) is 9.59 Å². The normalized spacial score (nSPS) is 20.9. The number of carbonyl (C=O) groups is 2. The van der Waals surface area contributed by atoms with E-state index >= 15 is 0 Å². The van der Waals surface area contributed by atoms with Gasteiger partial charge in [-0.1, -0.05) is 19.3 Å². The number of likely N-dealkylation sites (N-methyl/N-ethyl adjacent to an activating group) is 1. The number of hydrogen-bond donors (Lipinski definition) is 1. The van der Waals surface area contributed by atoms with Crippen molar-refractivity contribution in [2.75, 3.05) is 20.1 Å². The summed E-state index contributed by atoms with van der Waals surface area (Å²) < 4.78 is 0. The van der Waals surface area contributed by atoms with E-state index in [0.29, 0.717) is 25.9 Å². The molecule has 0 radical (unpaired) electrons. The van der Waals surface area contributed by atoms with Gasteiger partial charge in [-0.3, -0.25) is 9.59 Å². The van der Waals surface area contributed by atoms with Crippen LogP contribution in [0.25, 0.3) is 0 Å². The molecule has 1 saturated carbocycles. The Morgan fingerprint density at radius 1 is 1.17 bits per heavy atom. The lowest BCUT2D eigenvalue weighted by Gasteiger charge is -2.32. The van der Waals surface area contributed by atoms with Crippen molar-refractivity contribution in [1.82, 2.24) is 9.80 Å². The third-order valence-electron chi connectivity index (χ3n) is 4.98. The second-order valence-electron chi connectivity index (χ2n) is 6.51. The SMILES string of the molecule is CN(C(=O)/C(C#N)=C\N1CCC(C(=O)O)CC1)C1CCCCC1. The summed E-state index contributed by atoms with van der Waals surface area (Å²) in [5.41, 5.74) is 0.145. The zero-order valence-electron chi connectivity index (χ0n) is 13.7. The summed E-state index contributed by atoms with van der Waals surface area (Å²) in [6.07, 6.45) is 8.22. The molecule has 0 aromatic rings. The molecule has 0 unspecified atom stereocenters. The Balaban J connectivity index is 1.97. The molecule has 126 valence electrons. The Bertz CT molecular complexity index is 510. The maximum absolute atomic E-state index is 12.5. The number of aliphatic carboxylic acids is 1. The van der Waals surface area contributed by atoms with Crippen LogP contribution < -0.4 is 0 Å². The number of nitriles is 1. The summed E-state index contributed by atoms with van der Waals surface area (Å²) in [4.78, 5) is 27.1. The molecule has 0 spiro atoms. The van der Waals surface area contributed by atoms with Crippen LogP contribution in [0.4, 0.5) is 0 Å². The van der Waals surface area contributed by atoms with E-state index in [9.17, 15) is 14.9 Å². The second-order valence-corrected chi connectivity index (χ2v) is 6.51. The molecule has 1 heterocycles. The first-order valence-electron chi connectivity index (χ1n) is 8.39. The zero-order chi connectivity index (χ0) is 16.8. The molecule has 23 heavy (non-hydrogen) atoms. The van der Waals surface area contributed by atoms with Gasteiger partial charge in [0.25, 0.3) is 5.91 Å². The van der Waals surface area contributed by atoms with E-state index in [2.05, 4.69) is 0 Å². The van der Waals surface area contributed by atoms with Crippen LogP contribution in [-0.4, -0.2) is 53.0 Å². The summed E-state index contributed by atoms with van der Waals surface area (Å²) in [5, 5.41) is 18.3. The first kappa shape index (κ1) is 17.3. The van der Waals surface area contributed by atoms with Crippen LogP contribution in [0.1, 0.15) is 44.9 Å². The predicted molar refractivity (Wildman–Crippen MR) is 85.3 cm³/mol. The monoisotopic (exact) mass is 319 g/mol. The van der Waals surface area contributed by atoms with Gasteiger partial charge in [-0.25, -0.2) is 0 Å². The van der Waals surface area contributed by atoms with Gasteiger partial charge in [0.15, 0.2) is 0 Å². The smallest absolute Gasteiger partial charge is 0.306 e.